The van der Waals surface area contributed by atoms with Gasteiger partial charge in [0, 0.05) is 42.0 Å². The highest BCUT2D eigenvalue weighted by Crippen LogP contribution is 2.31. The van der Waals surface area contributed by atoms with Crippen molar-refractivity contribution in [2.24, 2.45) is 7.05 Å². The number of hydrogen-bond acceptors (Lipinski definition) is 2. The van der Waals surface area contributed by atoms with E-state index in [0.29, 0.717) is 16.1 Å². The lowest BCUT2D eigenvalue weighted by atomic mass is 10.1. The molecule has 0 fully saturated rings. The molecule has 0 saturated carbocycles. The van der Waals surface area contributed by atoms with Gasteiger partial charge in [0.15, 0.2) is 0 Å². The average molecular weight is 298 g/mol. The summed E-state index contributed by atoms with van der Waals surface area (Å²) in [4.78, 5) is 0. The van der Waals surface area contributed by atoms with Crippen LogP contribution in [0, 0.1) is 0 Å². The standard InChI is InChI=1S/C14H17Cl2N3/c1-9(2)17-7-10-8-19(3)18-14(10)12-6-11(15)4-5-13(12)16/h4-6,8-9,17H,7H2,1-3H3. The van der Waals surface area contributed by atoms with E-state index in [9.17, 15) is 0 Å². The number of aryl methyl sites for hydroxylation is 1. The molecule has 1 aromatic heterocycles. The molecule has 5 heteroatoms. The molecule has 102 valence electrons. The molecular weight excluding hydrogens is 281 g/mol. The number of nitrogens with one attached hydrogen (secondary N) is 1. The molecule has 0 bridgehead atoms. The Bertz CT molecular complexity index is 576. The van der Waals surface area contributed by atoms with Crippen LogP contribution in [0.1, 0.15) is 19.4 Å². The van der Waals surface area contributed by atoms with Crippen LogP contribution < -0.4 is 5.32 Å². The van der Waals surface area contributed by atoms with Crippen LogP contribution in [0.4, 0.5) is 0 Å². The summed E-state index contributed by atoms with van der Waals surface area (Å²) < 4.78 is 1.80. The molecule has 0 radical (unpaired) electrons. The molecule has 0 amide bonds. The maximum Gasteiger partial charge on any atom is 0.0983 e. The molecule has 0 atom stereocenters. The Hall–Kier alpha value is -1.03. The van der Waals surface area contributed by atoms with Crippen molar-refractivity contribution < 1.29 is 0 Å². The van der Waals surface area contributed by atoms with E-state index in [-0.39, 0.29) is 0 Å². The van der Waals surface area contributed by atoms with E-state index in [2.05, 4.69) is 24.3 Å². The molecular formula is C14H17Cl2N3. The Morgan fingerprint density at radius 2 is 2.05 bits per heavy atom. The zero-order valence-corrected chi connectivity index (χ0v) is 12.8. The van der Waals surface area contributed by atoms with E-state index in [1.807, 2.05) is 19.3 Å². The van der Waals surface area contributed by atoms with Gasteiger partial charge in [0.05, 0.1) is 10.7 Å². The summed E-state index contributed by atoms with van der Waals surface area (Å²) in [5.74, 6) is 0. The Morgan fingerprint density at radius 1 is 1.32 bits per heavy atom. The van der Waals surface area contributed by atoms with Gasteiger partial charge in [0.1, 0.15) is 0 Å². The summed E-state index contributed by atoms with van der Waals surface area (Å²) in [7, 11) is 1.90. The third-order valence-corrected chi connectivity index (χ3v) is 3.35. The lowest BCUT2D eigenvalue weighted by Gasteiger charge is -2.09. The first kappa shape index (κ1) is 14.4. The Morgan fingerprint density at radius 3 is 2.74 bits per heavy atom. The first-order valence-electron chi connectivity index (χ1n) is 6.18. The van der Waals surface area contributed by atoms with Crippen molar-refractivity contribution in [1.29, 1.82) is 0 Å². The van der Waals surface area contributed by atoms with Crippen LogP contribution in [0.15, 0.2) is 24.4 Å². The third kappa shape index (κ3) is 3.50. The maximum atomic E-state index is 6.25. The predicted octanol–water partition coefficient (Wildman–Crippen LogP) is 3.89. The predicted molar refractivity (Wildman–Crippen MR) is 80.6 cm³/mol. The molecule has 0 spiro atoms. The number of rotatable bonds is 4. The molecule has 1 heterocycles. The highest BCUT2D eigenvalue weighted by molar-refractivity contribution is 6.35. The Labute approximate surface area is 123 Å². The van der Waals surface area contributed by atoms with Crippen LogP contribution in [0.2, 0.25) is 10.0 Å². The molecule has 2 aromatic rings. The molecule has 19 heavy (non-hydrogen) atoms. The van der Waals surface area contributed by atoms with E-state index in [0.717, 1.165) is 23.4 Å². The molecule has 0 aliphatic carbocycles. The van der Waals surface area contributed by atoms with Gasteiger partial charge in [-0.2, -0.15) is 5.10 Å². The lowest BCUT2D eigenvalue weighted by molar-refractivity contribution is 0.589. The van der Waals surface area contributed by atoms with Crippen molar-refractivity contribution in [2.45, 2.75) is 26.4 Å². The van der Waals surface area contributed by atoms with Crippen molar-refractivity contribution in [2.75, 3.05) is 0 Å². The highest BCUT2D eigenvalue weighted by atomic mass is 35.5. The second kappa shape index (κ2) is 5.95. The quantitative estimate of drug-likeness (QED) is 0.928. The van der Waals surface area contributed by atoms with Crippen molar-refractivity contribution in [3.63, 3.8) is 0 Å². The molecule has 3 nitrogen and oxygen atoms in total. The minimum absolute atomic E-state index is 0.419. The second-order valence-corrected chi connectivity index (χ2v) is 5.68. The van der Waals surface area contributed by atoms with Crippen LogP contribution in [0.3, 0.4) is 0 Å². The van der Waals surface area contributed by atoms with E-state index in [1.54, 1.807) is 16.8 Å². The Balaban J connectivity index is 2.40. The van der Waals surface area contributed by atoms with Gasteiger partial charge in [-0.15, -0.1) is 0 Å². The average Bonchev–Trinajstić information content (AvgIpc) is 2.71. The van der Waals surface area contributed by atoms with Gasteiger partial charge in [-0.1, -0.05) is 37.0 Å². The maximum absolute atomic E-state index is 6.25. The number of halogens is 2. The van der Waals surface area contributed by atoms with Crippen molar-refractivity contribution in [1.82, 2.24) is 15.1 Å². The molecule has 0 aliphatic heterocycles. The van der Waals surface area contributed by atoms with Crippen LogP contribution >= 0.6 is 23.2 Å². The molecule has 1 N–H and O–H groups in total. The van der Waals surface area contributed by atoms with Gasteiger partial charge in [0.25, 0.3) is 0 Å². The van der Waals surface area contributed by atoms with Gasteiger partial charge in [-0.05, 0) is 18.2 Å². The molecule has 0 aliphatic rings. The number of benzene rings is 1. The lowest BCUT2D eigenvalue weighted by Crippen LogP contribution is -2.21. The first-order valence-corrected chi connectivity index (χ1v) is 6.94. The van der Waals surface area contributed by atoms with Crippen LogP contribution in [-0.4, -0.2) is 15.8 Å². The van der Waals surface area contributed by atoms with Crippen LogP contribution in [-0.2, 0) is 13.6 Å². The largest absolute Gasteiger partial charge is 0.310 e. The van der Waals surface area contributed by atoms with Gasteiger partial charge in [-0.25, -0.2) is 0 Å². The molecule has 0 unspecified atom stereocenters. The SMILES string of the molecule is CC(C)NCc1cn(C)nc1-c1cc(Cl)ccc1Cl. The van der Waals surface area contributed by atoms with Crippen molar-refractivity contribution in [3.05, 3.63) is 40.0 Å². The van der Waals surface area contributed by atoms with E-state index < -0.39 is 0 Å². The first-order chi connectivity index (χ1) is 8.97. The molecule has 0 saturated heterocycles. The van der Waals surface area contributed by atoms with Gasteiger partial charge in [-0.3, -0.25) is 4.68 Å². The summed E-state index contributed by atoms with van der Waals surface area (Å²) in [6.45, 7) is 4.98. The van der Waals surface area contributed by atoms with Crippen LogP contribution in [0.25, 0.3) is 11.3 Å². The van der Waals surface area contributed by atoms with Gasteiger partial charge < -0.3 is 5.32 Å². The summed E-state index contributed by atoms with van der Waals surface area (Å²) in [6.07, 6.45) is 2.00. The fraction of sp³-hybridized carbons (Fsp3) is 0.357. The van der Waals surface area contributed by atoms with E-state index in [1.165, 1.54) is 0 Å². The topological polar surface area (TPSA) is 29.9 Å². The van der Waals surface area contributed by atoms with Gasteiger partial charge >= 0.3 is 0 Å². The van der Waals surface area contributed by atoms with Crippen molar-refractivity contribution in [3.8, 4) is 11.3 Å². The Kier molecular flexibility index (Phi) is 4.50. The van der Waals surface area contributed by atoms with Crippen molar-refractivity contribution >= 4 is 23.2 Å². The summed E-state index contributed by atoms with van der Waals surface area (Å²) in [6, 6.07) is 5.85. The van der Waals surface area contributed by atoms with E-state index in [4.69, 9.17) is 23.2 Å². The van der Waals surface area contributed by atoms with E-state index >= 15 is 0 Å². The zero-order chi connectivity index (χ0) is 14.0. The fourth-order valence-electron chi connectivity index (χ4n) is 1.89. The number of hydrogen-bond donors (Lipinski definition) is 1. The minimum atomic E-state index is 0.419. The second-order valence-electron chi connectivity index (χ2n) is 4.84. The summed E-state index contributed by atoms with van der Waals surface area (Å²) >= 11 is 12.3. The molecule has 2 rings (SSSR count). The van der Waals surface area contributed by atoms with Gasteiger partial charge in [0.2, 0.25) is 0 Å². The summed E-state index contributed by atoms with van der Waals surface area (Å²) in [5, 5.41) is 9.21. The third-order valence-electron chi connectivity index (χ3n) is 2.79. The number of aromatic nitrogens is 2. The minimum Gasteiger partial charge on any atom is -0.310 e. The highest BCUT2D eigenvalue weighted by Gasteiger charge is 2.13. The monoisotopic (exact) mass is 297 g/mol. The number of nitrogens with zero attached hydrogens (tertiary/aromatic N) is 2. The molecule has 1 aromatic carbocycles. The summed E-state index contributed by atoms with van der Waals surface area (Å²) in [5.41, 5.74) is 2.86. The fourth-order valence-corrected chi connectivity index (χ4v) is 2.27. The van der Waals surface area contributed by atoms with Crippen LogP contribution in [0.5, 0.6) is 0 Å². The smallest absolute Gasteiger partial charge is 0.0983 e. The normalized spacial score (nSPS) is 11.3. The zero-order valence-electron chi connectivity index (χ0n) is 11.2.